The number of rotatable bonds is 5. The van der Waals surface area contributed by atoms with Crippen molar-refractivity contribution >= 4 is 22.5 Å². The summed E-state index contributed by atoms with van der Waals surface area (Å²) >= 11 is 0. The Morgan fingerprint density at radius 3 is 3.00 bits per heavy atom. The number of aryl methyl sites for hydroxylation is 1. The fourth-order valence-corrected chi connectivity index (χ4v) is 2.45. The Labute approximate surface area is 128 Å². The number of methoxy groups -OCH3 is 1. The summed E-state index contributed by atoms with van der Waals surface area (Å²) in [6.07, 6.45) is 4.67. The van der Waals surface area contributed by atoms with Crippen LogP contribution in [0.3, 0.4) is 0 Å². The molecule has 0 aliphatic carbocycles. The summed E-state index contributed by atoms with van der Waals surface area (Å²) in [5.41, 5.74) is 2.82. The number of aromatic nitrogens is 2. The van der Waals surface area contributed by atoms with Gasteiger partial charge in [0.15, 0.2) is 0 Å². The molecule has 2 heterocycles. The highest BCUT2D eigenvalue weighted by atomic mass is 16.5. The van der Waals surface area contributed by atoms with Gasteiger partial charge in [-0.3, -0.25) is 4.79 Å². The fraction of sp³-hybridized carbons (Fsp3) is 0.176. The molecule has 3 rings (SSSR count). The number of carbonyl (C=O) groups excluding carboxylic acids is 1. The van der Waals surface area contributed by atoms with E-state index >= 15 is 0 Å². The van der Waals surface area contributed by atoms with Crippen molar-refractivity contribution in [1.29, 1.82) is 0 Å². The molecule has 0 unspecified atom stereocenters. The summed E-state index contributed by atoms with van der Waals surface area (Å²) in [7, 11) is 1.53. The molecule has 0 aliphatic rings. The van der Waals surface area contributed by atoms with E-state index in [0.29, 0.717) is 24.4 Å². The highest BCUT2D eigenvalue weighted by Crippen LogP contribution is 2.21. The van der Waals surface area contributed by atoms with Crippen molar-refractivity contribution in [2.75, 3.05) is 12.4 Å². The van der Waals surface area contributed by atoms with Gasteiger partial charge in [-0.1, -0.05) is 18.2 Å². The smallest absolute Gasteiger partial charge is 0.237 e. The Balaban J connectivity index is 1.65. The van der Waals surface area contributed by atoms with Gasteiger partial charge >= 0.3 is 0 Å². The molecule has 1 aromatic carbocycles. The number of ether oxygens (including phenoxy) is 1. The van der Waals surface area contributed by atoms with Crippen LogP contribution in [0.15, 0.2) is 48.8 Å². The highest BCUT2D eigenvalue weighted by Gasteiger charge is 2.09. The van der Waals surface area contributed by atoms with Crippen LogP contribution in [0.1, 0.15) is 12.0 Å². The lowest BCUT2D eigenvalue weighted by Gasteiger charge is -2.08. The van der Waals surface area contributed by atoms with E-state index in [4.69, 9.17) is 4.74 Å². The van der Waals surface area contributed by atoms with Crippen LogP contribution in [-0.2, 0) is 11.2 Å². The van der Waals surface area contributed by atoms with Crippen LogP contribution in [0, 0.1) is 0 Å². The highest BCUT2D eigenvalue weighted by molar-refractivity contribution is 5.92. The Hall–Kier alpha value is -2.82. The molecule has 0 radical (unpaired) electrons. The van der Waals surface area contributed by atoms with Gasteiger partial charge in [-0.2, -0.15) is 0 Å². The number of carbonyl (C=O) groups is 1. The third kappa shape index (κ3) is 2.93. The number of anilines is 1. The molecule has 0 atom stereocenters. The number of fused-ring (bicyclic) bond motifs is 1. The molecular formula is C17H17N3O2. The van der Waals surface area contributed by atoms with Crippen molar-refractivity contribution in [3.05, 3.63) is 54.4 Å². The molecule has 112 valence electrons. The molecule has 3 aromatic rings. The minimum absolute atomic E-state index is 0.0587. The molecule has 5 heteroatoms. The van der Waals surface area contributed by atoms with E-state index in [-0.39, 0.29) is 5.91 Å². The lowest BCUT2D eigenvalue weighted by atomic mass is 10.1. The number of para-hydroxylation sites is 1. The SMILES string of the molecule is COc1ncccc1NC(=O)CCc1c[nH]c2ccccc12. The average Bonchev–Trinajstić information content (AvgIpc) is 2.97. The van der Waals surface area contributed by atoms with Crippen LogP contribution in [0.4, 0.5) is 5.69 Å². The maximum atomic E-state index is 12.1. The topological polar surface area (TPSA) is 67.0 Å². The normalized spacial score (nSPS) is 10.6. The van der Waals surface area contributed by atoms with E-state index in [0.717, 1.165) is 16.5 Å². The van der Waals surface area contributed by atoms with E-state index < -0.39 is 0 Å². The maximum absolute atomic E-state index is 12.1. The molecule has 2 N–H and O–H groups in total. The van der Waals surface area contributed by atoms with E-state index in [1.54, 1.807) is 18.3 Å². The van der Waals surface area contributed by atoms with Gasteiger partial charge in [-0.25, -0.2) is 4.98 Å². The molecule has 2 aromatic heterocycles. The lowest BCUT2D eigenvalue weighted by molar-refractivity contribution is -0.116. The van der Waals surface area contributed by atoms with Crippen molar-refractivity contribution in [2.45, 2.75) is 12.8 Å². The van der Waals surface area contributed by atoms with Crippen molar-refractivity contribution in [3.8, 4) is 5.88 Å². The van der Waals surface area contributed by atoms with Gasteiger partial charge in [0, 0.05) is 29.7 Å². The summed E-state index contributed by atoms with van der Waals surface area (Å²) in [5.74, 6) is 0.361. The van der Waals surface area contributed by atoms with Crippen LogP contribution < -0.4 is 10.1 Å². The second kappa shape index (κ2) is 6.30. The van der Waals surface area contributed by atoms with Crippen molar-refractivity contribution in [3.63, 3.8) is 0 Å². The zero-order valence-electron chi connectivity index (χ0n) is 12.3. The molecule has 0 saturated heterocycles. The fourth-order valence-electron chi connectivity index (χ4n) is 2.45. The number of amides is 1. The van der Waals surface area contributed by atoms with Crippen LogP contribution >= 0.6 is 0 Å². The van der Waals surface area contributed by atoms with Crippen LogP contribution in [0.2, 0.25) is 0 Å². The standard InChI is InChI=1S/C17H17N3O2/c1-22-17-15(7-4-10-18-17)20-16(21)9-8-12-11-19-14-6-3-2-5-13(12)14/h2-7,10-11,19H,8-9H2,1H3,(H,20,21). The largest absolute Gasteiger partial charge is 0.480 e. The number of nitrogens with one attached hydrogen (secondary N) is 2. The second-order valence-corrected chi connectivity index (χ2v) is 4.97. The number of H-pyrrole nitrogens is 1. The van der Waals surface area contributed by atoms with Gasteiger partial charge in [0.1, 0.15) is 5.69 Å². The summed E-state index contributed by atoms with van der Waals surface area (Å²) in [6, 6.07) is 11.6. The predicted molar refractivity (Wildman–Crippen MR) is 86.0 cm³/mol. The number of pyridine rings is 1. The van der Waals surface area contributed by atoms with Crippen LogP contribution in [0.5, 0.6) is 5.88 Å². The molecule has 22 heavy (non-hydrogen) atoms. The Morgan fingerprint density at radius 2 is 2.14 bits per heavy atom. The minimum Gasteiger partial charge on any atom is -0.480 e. The Kier molecular flexibility index (Phi) is 4.05. The van der Waals surface area contributed by atoms with Gasteiger partial charge in [0.2, 0.25) is 11.8 Å². The first kappa shape index (κ1) is 14.1. The third-order valence-electron chi connectivity index (χ3n) is 3.53. The van der Waals surface area contributed by atoms with E-state index in [9.17, 15) is 4.79 Å². The maximum Gasteiger partial charge on any atom is 0.237 e. The van der Waals surface area contributed by atoms with E-state index in [1.807, 2.05) is 24.4 Å². The molecule has 0 aliphatic heterocycles. The quantitative estimate of drug-likeness (QED) is 0.760. The Bertz CT molecular complexity index is 795. The van der Waals surface area contributed by atoms with Gasteiger partial charge in [0.25, 0.3) is 0 Å². The third-order valence-corrected chi connectivity index (χ3v) is 3.53. The van der Waals surface area contributed by atoms with Crippen LogP contribution in [0.25, 0.3) is 10.9 Å². The number of nitrogens with zero attached hydrogens (tertiary/aromatic N) is 1. The van der Waals surface area contributed by atoms with E-state index in [2.05, 4.69) is 21.4 Å². The molecule has 0 bridgehead atoms. The molecule has 0 saturated carbocycles. The van der Waals surface area contributed by atoms with Gasteiger partial charge < -0.3 is 15.0 Å². The zero-order valence-corrected chi connectivity index (χ0v) is 12.3. The average molecular weight is 295 g/mol. The first-order valence-corrected chi connectivity index (χ1v) is 7.12. The monoisotopic (exact) mass is 295 g/mol. The first-order valence-electron chi connectivity index (χ1n) is 7.12. The van der Waals surface area contributed by atoms with Gasteiger partial charge in [-0.15, -0.1) is 0 Å². The number of hydrogen-bond donors (Lipinski definition) is 2. The lowest BCUT2D eigenvalue weighted by Crippen LogP contribution is -2.13. The number of hydrogen-bond acceptors (Lipinski definition) is 3. The molecular weight excluding hydrogens is 278 g/mol. The zero-order chi connectivity index (χ0) is 15.4. The van der Waals surface area contributed by atoms with Crippen LogP contribution in [-0.4, -0.2) is 23.0 Å². The van der Waals surface area contributed by atoms with Crippen molar-refractivity contribution in [2.24, 2.45) is 0 Å². The predicted octanol–water partition coefficient (Wildman–Crippen LogP) is 3.14. The summed E-state index contributed by atoms with van der Waals surface area (Å²) < 4.78 is 5.12. The summed E-state index contributed by atoms with van der Waals surface area (Å²) in [4.78, 5) is 19.4. The summed E-state index contributed by atoms with van der Waals surface area (Å²) in [5, 5.41) is 4.00. The van der Waals surface area contributed by atoms with Crippen molar-refractivity contribution in [1.82, 2.24) is 9.97 Å². The number of aromatic amines is 1. The number of benzene rings is 1. The summed E-state index contributed by atoms with van der Waals surface area (Å²) in [6.45, 7) is 0. The molecule has 0 fully saturated rings. The molecule has 0 spiro atoms. The molecule has 5 nitrogen and oxygen atoms in total. The van der Waals surface area contributed by atoms with Crippen molar-refractivity contribution < 1.29 is 9.53 Å². The van der Waals surface area contributed by atoms with Gasteiger partial charge in [0.05, 0.1) is 7.11 Å². The Morgan fingerprint density at radius 1 is 1.27 bits per heavy atom. The molecule has 1 amide bonds. The first-order chi connectivity index (χ1) is 10.8. The van der Waals surface area contributed by atoms with Gasteiger partial charge in [-0.05, 0) is 30.2 Å². The second-order valence-electron chi connectivity index (χ2n) is 4.97. The minimum atomic E-state index is -0.0587. The van der Waals surface area contributed by atoms with E-state index in [1.165, 1.54) is 7.11 Å².